The van der Waals surface area contributed by atoms with Crippen molar-refractivity contribution in [1.29, 1.82) is 0 Å². The van der Waals surface area contributed by atoms with E-state index < -0.39 is 5.60 Å². The van der Waals surface area contributed by atoms with Crippen LogP contribution in [0.25, 0.3) is 0 Å². The Hall–Kier alpha value is -1.63. The van der Waals surface area contributed by atoms with E-state index in [1.807, 2.05) is 13.8 Å². The molecule has 1 heterocycles. The molecule has 0 amide bonds. The van der Waals surface area contributed by atoms with Gasteiger partial charge >= 0.3 is 6.01 Å². The van der Waals surface area contributed by atoms with E-state index >= 15 is 0 Å². The topological polar surface area (TPSA) is 92.2 Å². The number of hydrogen-bond acceptors (Lipinski definition) is 7. The maximum atomic E-state index is 9.64. The predicted octanol–water partition coefficient (Wildman–Crippen LogP) is 0.883. The number of aliphatic hydroxyl groups is 1. The lowest BCUT2D eigenvalue weighted by molar-refractivity contribution is 0.0942. The molecule has 0 aromatic carbocycles. The van der Waals surface area contributed by atoms with E-state index in [9.17, 15) is 5.11 Å². The number of aromatic nitrogens is 3. The van der Waals surface area contributed by atoms with Crippen LogP contribution in [0.5, 0.6) is 6.01 Å². The predicted molar refractivity (Wildman–Crippen MR) is 69.9 cm³/mol. The maximum Gasteiger partial charge on any atom is 0.323 e. The van der Waals surface area contributed by atoms with Crippen molar-refractivity contribution < 1.29 is 9.84 Å². The summed E-state index contributed by atoms with van der Waals surface area (Å²) in [6.07, 6.45) is -0.0146. The van der Waals surface area contributed by atoms with Crippen LogP contribution in [0.2, 0.25) is 0 Å². The van der Waals surface area contributed by atoms with Crippen LogP contribution in [0.3, 0.4) is 0 Å². The van der Waals surface area contributed by atoms with E-state index in [0.717, 1.165) is 0 Å². The quantitative estimate of drug-likeness (QED) is 0.695. The minimum atomic E-state index is -0.842. The lowest BCUT2D eigenvalue weighted by Crippen LogP contribution is -2.30. The van der Waals surface area contributed by atoms with E-state index in [0.29, 0.717) is 18.4 Å². The Balaban J connectivity index is 2.83. The number of nitrogens with zero attached hydrogens (tertiary/aromatic N) is 3. The molecular weight excluding hydrogens is 234 g/mol. The summed E-state index contributed by atoms with van der Waals surface area (Å²) in [6, 6.07) is 0.252. The minimum absolute atomic E-state index is 0.0146. The third-order valence-electron chi connectivity index (χ3n) is 1.86. The summed E-state index contributed by atoms with van der Waals surface area (Å²) < 4.78 is 5.42. The average Bonchev–Trinajstić information content (AvgIpc) is 2.24. The van der Waals surface area contributed by atoms with Crippen LogP contribution in [0.15, 0.2) is 0 Å². The lowest BCUT2D eigenvalue weighted by atomic mass is 10.1. The lowest BCUT2D eigenvalue weighted by Gasteiger charge is -2.18. The molecule has 0 aliphatic carbocycles. The summed E-state index contributed by atoms with van der Waals surface area (Å²) in [4.78, 5) is 12.3. The summed E-state index contributed by atoms with van der Waals surface area (Å²) in [5.41, 5.74) is -0.842. The zero-order valence-corrected chi connectivity index (χ0v) is 11.5. The maximum absolute atomic E-state index is 9.64. The molecule has 7 heteroatoms. The molecule has 0 aliphatic rings. The van der Waals surface area contributed by atoms with Gasteiger partial charge in [0, 0.05) is 13.6 Å². The molecule has 1 rings (SSSR count). The van der Waals surface area contributed by atoms with Gasteiger partial charge in [0.05, 0.1) is 11.7 Å². The molecule has 3 N–H and O–H groups in total. The second kappa shape index (κ2) is 5.81. The Morgan fingerprint density at radius 3 is 2.33 bits per heavy atom. The summed E-state index contributed by atoms with van der Waals surface area (Å²) in [6.45, 7) is 7.53. The van der Waals surface area contributed by atoms with Gasteiger partial charge in [0.1, 0.15) is 0 Å². The number of rotatable bonds is 6. The van der Waals surface area contributed by atoms with Crippen molar-refractivity contribution in [2.75, 3.05) is 24.2 Å². The summed E-state index contributed by atoms with van der Waals surface area (Å²) in [5.74, 6) is 0.783. The second-order valence-electron chi connectivity index (χ2n) is 4.85. The van der Waals surface area contributed by atoms with Gasteiger partial charge in [0.25, 0.3) is 0 Å². The summed E-state index contributed by atoms with van der Waals surface area (Å²) in [5, 5.41) is 15.4. The largest absolute Gasteiger partial charge is 0.461 e. The highest BCUT2D eigenvalue weighted by atomic mass is 16.5. The van der Waals surface area contributed by atoms with Crippen molar-refractivity contribution in [2.24, 2.45) is 0 Å². The molecule has 7 nitrogen and oxygen atoms in total. The van der Waals surface area contributed by atoms with Crippen LogP contribution in [0.4, 0.5) is 11.9 Å². The molecule has 0 unspecified atom stereocenters. The smallest absolute Gasteiger partial charge is 0.323 e. The van der Waals surface area contributed by atoms with Crippen molar-refractivity contribution in [3.63, 3.8) is 0 Å². The molecule has 0 aliphatic heterocycles. The Morgan fingerprint density at radius 1 is 1.22 bits per heavy atom. The number of nitrogens with one attached hydrogen (secondary N) is 2. The van der Waals surface area contributed by atoms with E-state index in [4.69, 9.17) is 4.74 Å². The molecule has 1 aromatic rings. The zero-order chi connectivity index (χ0) is 13.8. The fourth-order valence-corrected chi connectivity index (χ4v) is 1.11. The van der Waals surface area contributed by atoms with E-state index in [2.05, 4.69) is 25.6 Å². The van der Waals surface area contributed by atoms with Crippen LogP contribution in [0.1, 0.15) is 27.7 Å². The number of ether oxygens (including phenoxy) is 1. The summed E-state index contributed by atoms with van der Waals surface area (Å²) >= 11 is 0. The second-order valence-corrected chi connectivity index (χ2v) is 4.85. The highest BCUT2D eigenvalue weighted by Crippen LogP contribution is 2.13. The Kier molecular flexibility index (Phi) is 4.66. The molecule has 0 radical (unpaired) electrons. The van der Waals surface area contributed by atoms with Crippen molar-refractivity contribution in [3.05, 3.63) is 0 Å². The first kappa shape index (κ1) is 14.4. The standard InChI is InChI=1S/C11H21N5O2/c1-7(2)18-10-15-8(12-5)14-9(16-10)13-6-11(3,4)17/h7,17H,6H2,1-5H3,(H2,12,13,14,15,16). The van der Waals surface area contributed by atoms with Crippen molar-refractivity contribution in [2.45, 2.75) is 39.4 Å². The molecule has 1 aromatic heterocycles. The van der Waals surface area contributed by atoms with E-state index in [1.54, 1.807) is 20.9 Å². The van der Waals surface area contributed by atoms with Gasteiger partial charge in [0.15, 0.2) is 0 Å². The van der Waals surface area contributed by atoms with Crippen LogP contribution >= 0.6 is 0 Å². The van der Waals surface area contributed by atoms with Gasteiger partial charge in [-0.05, 0) is 27.7 Å². The van der Waals surface area contributed by atoms with Gasteiger partial charge in [0.2, 0.25) is 11.9 Å². The molecule has 0 fully saturated rings. The monoisotopic (exact) mass is 255 g/mol. The Morgan fingerprint density at radius 2 is 1.83 bits per heavy atom. The molecule has 18 heavy (non-hydrogen) atoms. The van der Waals surface area contributed by atoms with Crippen molar-refractivity contribution in [1.82, 2.24) is 15.0 Å². The number of hydrogen-bond donors (Lipinski definition) is 3. The van der Waals surface area contributed by atoms with Gasteiger partial charge < -0.3 is 20.5 Å². The van der Waals surface area contributed by atoms with Crippen LogP contribution in [-0.2, 0) is 0 Å². The van der Waals surface area contributed by atoms with Crippen LogP contribution in [0, 0.1) is 0 Å². The van der Waals surface area contributed by atoms with Gasteiger partial charge in [-0.1, -0.05) is 0 Å². The van der Waals surface area contributed by atoms with E-state index in [1.165, 1.54) is 0 Å². The first-order chi connectivity index (χ1) is 8.30. The molecule has 0 atom stereocenters. The van der Waals surface area contributed by atoms with Crippen LogP contribution < -0.4 is 15.4 Å². The highest BCUT2D eigenvalue weighted by Gasteiger charge is 2.14. The Bertz CT molecular complexity index is 390. The first-order valence-corrected chi connectivity index (χ1v) is 5.87. The van der Waals surface area contributed by atoms with Crippen molar-refractivity contribution >= 4 is 11.9 Å². The minimum Gasteiger partial charge on any atom is -0.461 e. The third kappa shape index (κ3) is 5.13. The molecule has 0 spiro atoms. The normalized spacial score (nSPS) is 11.5. The third-order valence-corrected chi connectivity index (χ3v) is 1.86. The SMILES string of the molecule is CNc1nc(NCC(C)(C)O)nc(OC(C)C)n1. The highest BCUT2D eigenvalue weighted by molar-refractivity contribution is 5.35. The van der Waals surface area contributed by atoms with Gasteiger partial charge in [-0.15, -0.1) is 0 Å². The van der Waals surface area contributed by atoms with Crippen molar-refractivity contribution in [3.8, 4) is 6.01 Å². The fraction of sp³-hybridized carbons (Fsp3) is 0.727. The molecular formula is C11H21N5O2. The number of anilines is 2. The molecule has 0 saturated heterocycles. The Labute approximate surface area is 107 Å². The first-order valence-electron chi connectivity index (χ1n) is 5.87. The molecule has 0 saturated carbocycles. The zero-order valence-electron chi connectivity index (χ0n) is 11.5. The van der Waals surface area contributed by atoms with Gasteiger partial charge in [-0.25, -0.2) is 0 Å². The average molecular weight is 255 g/mol. The van der Waals surface area contributed by atoms with E-state index in [-0.39, 0.29) is 12.1 Å². The van der Waals surface area contributed by atoms with Gasteiger partial charge in [-0.3, -0.25) is 0 Å². The van der Waals surface area contributed by atoms with Crippen LogP contribution in [-0.4, -0.2) is 45.4 Å². The van der Waals surface area contributed by atoms with Gasteiger partial charge in [-0.2, -0.15) is 15.0 Å². The fourth-order valence-electron chi connectivity index (χ4n) is 1.11. The molecule has 0 bridgehead atoms. The summed E-state index contributed by atoms with van der Waals surface area (Å²) in [7, 11) is 1.72. The molecule has 102 valence electrons.